The van der Waals surface area contributed by atoms with Gasteiger partial charge in [0.25, 0.3) is 5.91 Å². The lowest BCUT2D eigenvalue weighted by Crippen LogP contribution is -2.51. The molecule has 2 aromatic heterocycles. The van der Waals surface area contributed by atoms with Gasteiger partial charge in [-0.1, -0.05) is 6.08 Å². The summed E-state index contributed by atoms with van der Waals surface area (Å²) in [5.74, 6) is -0.356. The number of fused-ring (bicyclic) bond motifs is 1. The Bertz CT molecular complexity index is 892. The van der Waals surface area contributed by atoms with Crippen molar-refractivity contribution in [2.24, 2.45) is 0 Å². The number of hydrogen-bond acceptors (Lipinski definition) is 5. The number of rotatable bonds is 4. The normalized spacial score (nSPS) is 20.0. The van der Waals surface area contributed by atoms with Crippen LogP contribution in [-0.2, 0) is 6.54 Å². The summed E-state index contributed by atoms with van der Waals surface area (Å²) in [5, 5.41) is 5.74. The number of amides is 1. The fourth-order valence-corrected chi connectivity index (χ4v) is 3.74. The molecule has 142 valence electrons. The largest absolute Gasteiger partial charge is 0.376 e. The summed E-state index contributed by atoms with van der Waals surface area (Å²) in [6.45, 7) is 5.92. The smallest absolute Gasteiger partial charge is 0.272 e. The number of pyridine rings is 1. The second-order valence-electron chi connectivity index (χ2n) is 7.08. The van der Waals surface area contributed by atoms with Crippen LogP contribution < -0.4 is 5.43 Å². The monoisotopic (exact) mass is 370 g/mol. The van der Waals surface area contributed by atoms with Gasteiger partial charge in [-0.2, -0.15) is 5.10 Å². The summed E-state index contributed by atoms with van der Waals surface area (Å²) in [6.07, 6.45) is 10.7. The predicted molar refractivity (Wildman–Crippen MR) is 98.5 cm³/mol. The number of hydrogen-bond donors (Lipinski definition) is 1. The maximum atomic E-state index is 14.4. The van der Waals surface area contributed by atoms with Crippen LogP contribution in [0.15, 0.2) is 30.9 Å². The van der Waals surface area contributed by atoms with E-state index in [1.165, 1.54) is 9.69 Å². The Hall–Kier alpha value is -2.74. The van der Waals surface area contributed by atoms with Crippen LogP contribution in [0, 0.1) is 12.7 Å². The zero-order valence-electron chi connectivity index (χ0n) is 15.5. The molecule has 4 heterocycles. The highest BCUT2D eigenvalue weighted by molar-refractivity contribution is 6.00. The number of hydrazine groups is 1. The fourth-order valence-electron chi connectivity index (χ4n) is 3.74. The minimum Gasteiger partial charge on any atom is -0.376 e. The summed E-state index contributed by atoms with van der Waals surface area (Å²) >= 11 is 0. The number of nitrogens with one attached hydrogen (secondary N) is 1. The van der Waals surface area contributed by atoms with E-state index in [4.69, 9.17) is 0 Å². The zero-order chi connectivity index (χ0) is 19.0. The number of aryl methyl sites for hydroxylation is 1. The molecule has 1 N–H and O–H groups in total. The van der Waals surface area contributed by atoms with Gasteiger partial charge in [0.15, 0.2) is 5.82 Å². The number of aromatic nitrogens is 3. The summed E-state index contributed by atoms with van der Waals surface area (Å²) in [7, 11) is 0. The number of likely N-dealkylation sites (tertiary alicyclic amines) is 1. The fraction of sp³-hybridized carbons (Fsp3) is 0.421. The molecular formula is C19H23FN6O. The summed E-state index contributed by atoms with van der Waals surface area (Å²) in [4.78, 5) is 19.4. The molecule has 1 fully saturated rings. The third-order valence-electron chi connectivity index (χ3n) is 4.97. The number of piperidine rings is 1. The zero-order valence-corrected chi connectivity index (χ0v) is 15.5. The van der Waals surface area contributed by atoms with Crippen LogP contribution in [0.2, 0.25) is 0 Å². The minimum absolute atomic E-state index is 0.139. The van der Waals surface area contributed by atoms with Crippen LogP contribution >= 0.6 is 0 Å². The first-order valence-electron chi connectivity index (χ1n) is 9.20. The van der Waals surface area contributed by atoms with E-state index >= 15 is 0 Å². The van der Waals surface area contributed by atoms with Crippen LogP contribution in [-0.4, -0.2) is 49.7 Å². The third-order valence-corrected chi connectivity index (χ3v) is 4.97. The van der Waals surface area contributed by atoms with Gasteiger partial charge in [0.05, 0.1) is 24.5 Å². The maximum absolute atomic E-state index is 14.4. The molecule has 7 nitrogen and oxygen atoms in total. The van der Waals surface area contributed by atoms with Crippen LogP contribution in [0.3, 0.4) is 0 Å². The number of carbonyl (C=O) groups excluding carboxylic acids is 1. The van der Waals surface area contributed by atoms with Crippen LogP contribution in [0.4, 0.5) is 4.39 Å². The molecular weight excluding hydrogens is 347 g/mol. The first-order chi connectivity index (χ1) is 13.1. The van der Waals surface area contributed by atoms with Gasteiger partial charge in [0.2, 0.25) is 0 Å². The predicted octanol–water partition coefficient (Wildman–Crippen LogP) is 2.17. The molecule has 0 aromatic carbocycles. The highest BCUT2D eigenvalue weighted by Gasteiger charge is 2.36. The molecule has 0 spiro atoms. The molecule has 1 atom stereocenters. The van der Waals surface area contributed by atoms with Crippen molar-refractivity contribution < 1.29 is 9.18 Å². The number of allylic oxidation sites excluding steroid dienone is 1. The molecule has 0 saturated carbocycles. The Morgan fingerprint density at radius 3 is 2.96 bits per heavy atom. The van der Waals surface area contributed by atoms with Crippen molar-refractivity contribution in [3.05, 3.63) is 53.4 Å². The van der Waals surface area contributed by atoms with E-state index in [-0.39, 0.29) is 24.1 Å². The van der Waals surface area contributed by atoms with E-state index in [1.54, 1.807) is 12.4 Å². The van der Waals surface area contributed by atoms with E-state index in [2.05, 4.69) is 26.6 Å². The van der Waals surface area contributed by atoms with Gasteiger partial charge in [-0.3, -0.25) is 9.80 Å². The number of halogens is 1. The Morgan fingerprint density at radius 2 is 2.22 bits per heavy atom. The van der Waals surface area contributed by atoms with E-state index < -0.39 is 5.82 Å². The highest BCUT2D eigenvalue weighted by atomic mass is 19.1. The molecule has 1 amide bonds. The van der Waals surface area contributed by atoms with Crippen molar-refractivity contribution >= 4 is 5.91 Å². The van der Waals surface area contributed by atoms with Crippen LogP contribution in [0.5, 0.6) is 0 Å². The topological polar surface area (TPSA) is 66.3 Å². The lowest BCUT2D eigenvalue weighted by Gasteiger charge is -2.34. The number of carbonyl (C=O) groups is 1. The molecule has 2 aliphatic rings. The van der Waals surface area contributed by atoms with E-state index in [1.807, 2.05) is 19.9 Å². The van der Waals surface area contributed by atoms with Gasteiger partial charge in [0, 0.05) is 30.9 Å². The molecule has 8 heteroatoms. The SMILES string of the molecule is CC=CN1CCCC(NN2Cc3c(F)cnc(-n4cc(C)cn4)c3C2=O)C1. The van der Waals surface area contributed by atoms with Crippen molar-refractivity contribution in [3.8, 4) is 5.82 Å². The summed E-state index contributed by atoms with van der Waals surface area (Å²) in [5.41, 5.74) is 4.90. The van der Waals surface area contributed by atoms with E-state index in [0.29, 0.717) is 11.4 Å². The molecule has 0 radical (unpaired) electrons. The van der Waals surface area contributed by atoms with Crippen molar-refractivity contribution in [2.45, 2.75) is 39.3 Å². The van der Waals surface area contributed by atoms with Gasteiger partial charge < -0.3 is 4.90 Å². The molecule has 0 bridgehead atoms. The van der Waals surface area contributed by atoms with Crippen molar-refractivity contribution in [3.63, 3.8) is 0 Å². The Morgan fingerprint density at radius 1 is 1.37 bits per heavy atom. The molecule has 0 aliphatic carbocycles. The third kappa shape index (κ3) is 3.32. The average Bonchev–Trinajstić information content (AvgIpc) is 3.22. The van der Waals surface area contributed by atoms with Gasteiger partial charge in [0.1, 0.15) is 5.82 Å². The molecule has 1 saturated heterocycles. The first-order valence-corrected chi connectivity index (χ1v) is 9.20. The quantitative estimate of drug-likeness (QED) is 0.894. The van der Waals surface area contributed by atoms with E-state index in [9.17, 15) is 9.18 Å². The van der Waals surface area contributed by atoms with Gasteiger partial charge in [-0.25, -0.2) is 19.5 Å². The first kappa shape index (κ1) is 17.7. The Kier molecular flexibility index (Phi) is 4.65. The summed E-state index contributed by atoms with van der Waals surface area (Å²) in [6, 6.07) is 0.139. The number of nitrogens with zero attached hydrogens (tertiary/aromatic N) is 5. The van der Waals surface area contributed by atoms with Crippen molar-refractivity contribution in [1.29, 1.82) is 0 Å². The second kappa shape index (κ2) is 7.11. The molecule has 1 unspecified atom stereocenters. The highest BCUT2D eigenvalue weighted by Crippen LogP contribution is 2.28. The molecule has 2 aromatic rings. The lowest BCUT2D eigenvalue weighted by molar-refractivity contribution is 0.0598. The Balaban J connectivity index is 1.58. The summed E-state index contributed by atoms with van der Waals surface area (Å²) < 4.78 is 15.9. The van der Waals surface area contributed by atoms with E-state index in [0.717, 1.165) is 37.7 Å². The Labute approximate surface area is 157 Å². The maximum Gasteiger partial charge on any atom is 0.272 e. The molecule has 4 rings (SSSR count). The van der Waals surface area contributed by atoms with Gasteiger partial charge >= 0.3 is 0 Å². The molecule has 2 aliphatic heterocycles. The van der Waals surface area contributed by atoms with Crippen molar-refractivity contribution in [1.82, 2.24) is 30.1 Å². The van der Waals surface area contributed by atoms with Crippen molar-refractivity contribution in [2.75, 3.05) is 13.1 Å². The second-order valence-corrected chi connectivity index (χ2v) is 7.08. The van der Waals surface area contributed by atoms with Crippen LogP contribution in [0.1, 0.15) is 41.3 Å². The standard InChI is InChI=1S/C19H23FN6O/c1-3-6-24-7-4-5-14(11-24)23-26-12-15-16(20)9-21-18(17(15)19(26)27)25-10-13(2)8-22-25/h3,6,8-10,14,23H,4-5,7,11-12H2,1-2H3. The lowest BCUT2D eigenvalue weighted by atomic mass is 10.1. The van der Waals surface area contributed by atoms with Gasteiger partial charge in [-0.15, -0.1) is 0 Å². The molecule has 27 heavy (non-hydrogen) atoms. The average molecular weight is 370 g/mol. The minimum atomic E-state index is -0.463. The van der Waals surface area contributed by atoms with Crippen LogP contribution in [0.25, 0.3) is 5.82 Å². The van der Waals surface area contributed by atoms with Gasteiger partial charge in [-0.05, 0) is 38.5 Å².